The zero-order valence-corrected chi connectivity index (χ0v) is 13.8. The zero-order chi connectivity index (χ0) is 16.8. The van der Waals surface area contributed by atoms with E-state index in [4.69, 9.17) is 0 Å². The number of benzene rings is 2. The Hall–Kier alpha value is -2.88. The van der Waals surface area contributed by atoms with Gasteiger partial charge in [-0.1, -0.05) is 48.5 Å². The molecule has 24 heavy (non-hydrogen) atoms. The highest BCUT2D eigenvalue weighted by Crippen LogP contribution is 2.19. The van der Waals surface area contributed by atoms with Gasteiger partial charge in [0.2, 0.25) is 5.91 Å². The van der Waals surface area contributed by atoms with Crippen LogP contribution >= 0.6 is 0 Å². The molecule has 0 aliphatic carbocycles. The van der Waals surface area contributed by atoms with Crippen molar-refractivity contribution in [2.75, 3.05) is 0 Å². The minimum absolute atomic E-state index is 0.0747. The van der Waals surface area contributed by atoms with Gasteiger partial charge in [0.25, 0.3) is 0 Å². The molecule has 0 aliphatic rings. The molecule has 3 rings (SSSR count). The topological polar surface area (TPSA) is 46.4 Å². The molecule has 0 radical (unpaired) electrons. The minimum atomic E-state index is -0.0747. The van der Waals surface area contributed by atoms with Crippen molar-refractivity contribution in [1.29, 1.82) is 0 Å². The van der Waals surface area contributed by atoms with E-state index in [0.29, 0.717) is 6.42 Å². The summed E-state index contributed by atoms with van der Waals surface area (Å²) in [6.45, 7) is 3.01. The summed E-state index contributed by atoms with van der Waals surface area (Å²) < 4.78 is 2.17. The lowest BCUT2D eigenvalue weighted by Gasteiger charge is -2.00. The normalized spacial score (nSPS) is 11.2. The van der Waals surface area contributed by atoms with Gasteiger partial charge < -0.3 is 4.57 Å². The maximum absolute atomic E-state index is 11.9. The van der Waals surface area contributed by atoms with E-state index >= 15 is 0 Å². The second-order valence-electron chi connectivity index (χ2n) is 5.67. The van der Waals surface area contributed by atoms with Gasteiger partial charge in [0, 0.05) is 35.6 Å². The zero-order valence-electron chi connectivity index (χ0n) is 13.8. The number of para-hydroxylation sites is 1. The quantitative estimate of drug-likeness (QED) is 0.546. The number of aromatic nitrogens is 1. The Labute approximate surface area is 141 Å². The molecular formula is C20H21N3O. The first-order chi connectivity index (χ1) is 11.8. The van der Waals surface area contributed by atoms with Gasteiger partial charge in [-0.15, -0.1) is 0 Å². The Morgan fingerprint density at radius 2 is 1.88 bits per heavy atom. The number of hydrazone groups is 1. The van der Waals surface area contributed by atoms with Crippen LogP contribution in [0, 0.1) is 0 Å². The molecule has 4 nitrogen and oxygen atoms in total. The first-order valence-corrected chi connectivity index (χ1v) is 8.21. The van der Waals surface area contributed by atoms with Gasteiger partial charge in [0.05, 0.1) is 6.21 Å². The number of hydrogen-bond acceptors (Lipinski definition) is 2. The molecule has 122 valence electrons. The molecule has 0 saturated heterocycles. The molecule has 1 N–H and O–H groups in total. The van der Waals surface area contributed by atoms with Gasteiger partial charge in [-0.3, -0.25) is 4.79 Å². The molecule has 0 atom stereocenters. The van der Waals surface area contributed by atoms with Crippen molar-refractivity contribution in [1.82, 2.24) is 9.99 Å². The van der Waals surface area contributed by atoms with Crippen LogP contribution < -0.4 is 5.43 Å². The Morgan fingerprint density at radius 3 is 2.67 bits per heavy atom. The molecule has 0 saturated carbocycles. The summed E-state index contributed by atoms with van der Waals surface area (Å²) in [6.07, 6.45) is 4.93. The van der Waals surface area contributed by atoms with Crippen molar-refractivity contribution in [2.45, 2.75) is 26.3 Å². The van der Waals surface area contributed by atoms with Gasteiger partial charge in [-0.2, -0.15) is 5.10 Å². The summed E-state index contributed by atoms with van der Waals surface area (Å²) in [5.74, 6) is -0.0747. The van der Waals surface area contributed by atoms with Gasteiger partial charge in [-0.25, -0.2) is 5.43 Å². The van der Waals surface area contributed by atoms with E-state index in [1.165, 1.54) is 5.52 Å². The lowest BCUT2D eigenvalue weighted by molar-refractivity contribution is -0.121. The number of rotatable bonds is 6. The molecule has 4 heteroatoms. The molecule has 0 unspecified atom stereocenters. The molecule has 2 aromatic carbocycles. The monoisotopic (exact) mass is 319 g/mol. The largest absolute Gasteiger partial charge is 0.347 e. The maximum Gasteiger partial charge on any atom is 0.240 e. The van der Waals surface area contributed by atoms with E-state index in [1.807, 2.05) is 42.5 Å². The summed E-state index contributed by atoms with van der Waals surface area (Å²) in [7, 11) is 0. The van der Waals surface area contributed by atoms with Gasteiger partial charge in [-0.05, 0) is 25.0 Å². The highest BCUT2D eigenvalue weighted by Gasteiger charge is 2.05. The molecule has 1 heterocycles. The van der Waals surface area contributed by atoms with Crippen LogP contribution in [-0.2, 0) is 17.8 Å². The molecule has 0 aliphatic heterocycles. The molecule has 0 fully saturated rings. The van der Waals surface area contributed by atoms with Crippen molar-refractivity contribution in [3.8, 4) is 0 Å². The third kappa shape index (κ3) is 3.71. The van der Waals surface area contributed by atoms with Crippen LogP contribution in [0.15, 0.2) is 65.9 Å². The predicted molar refractivity (Wildman–Crippen MR) is 98.1 cm³/mol. The van der Waals surface area contributed by atoms with E-state index in [9.17, 15) is 4.79 Å². The summed E-state index contributed by atoms with van der Waals surface area (Å²) in [5.41, 5.74) is 5.96. The number of amides is 1. The second kappa shape index (κ2) is 7.59. The lowest BCUT2D eigenvalue weighted by atomic mass is 10.1. The highest BCUT2D eigenvalue weighted by molar-refractivity contribution is 5.99. The maximum atomic E-state index is 11.9. The van der Waals surface area contributed by atoms with Crippen LogP contribution in [0.3, 0.4) is 0 Å². The van der Waals surface area contributed by atoms with E-state index < -0.39 is 0 Å². The first-order valence-electron chi connectivity index (χ1n) is 8.21. The molecule has 0 bridgehead atoms. The van der Waals surface area contributed by atoms with Gasteiger partial charge in [0.15, 0.2) is 0 Å². The third-order valence-corrected chi connectivity index (χ3v) is 4.04. The Kier molecular flexibility index (Phi) is 5.06. The third-order valence-electron chi connectivity index (χ3n) is 4.04. The minimum Gasteiger partial charge on any atom is -0.347 e. The van der Waals surface area contributed by atoms with E-state index in [1.54, 1.807) is 6.21 Å². The molecule has 3 aromatic rings. The van der Waals surface area contributed by atoms with Crippen molar-refractivity contribution in [3.63, 3.8) is 0 Å². The molecule has 1 aromatic heterocycles. The average molecular weight is 319 g/mol. The predicted octanol–water partition coefficient (Wildman–Crippen LogP) is 3.74. The molecule has 0 spiro atoms. The average Bonchev–Trinajstić information content (AvgIpc) is 2.99. The van der Waals surface area contributed by atoms with Crippen molar-refractivity contribution >= 4 is 23.0 Å². The van der Waals surface area contributed by atoms with Gasteiger partial charge in [0.1, 0.15) is 0 Å². The SMILES string of the molecule is CCn1cc(/C=N/NC(=O)CCc2ccccc2)c2ccccc21. The fraction of sp³-hybridized carbons (Fsp3) is 0.200. The number of nitrogens with one attached hydrogen (secondary N) is 1. The van der Waals surface area contributed by atoms with Crippen molar-refractivity contribution < 1.29 is 4.79 Å². The fourth-order valence-corrected chi connectivity index (χ4v) is 2.77. The number of fused-ring (bicyclic) bond motifs is 1. The van der Waals surface area contributed by atoms with Crippen molar-refractivity contribution in [3.05, 3.63) is 71.9 Å². The van der Waals surface area contributed by atoms with Crippen LogP contribution in [0.25, 0.3) is 10.9 Å². The van der Waals surface area contributed by atoms with Crippen LogP contribution in [0.2, 0.25) is 0 Å². The van der Waals surface area contributed by atoms with Gasteiger partial charge >= 0.3 is 0 Å². The summed E-state index contributed by atoms with van der Waals surface area (Å²) >= 11 is 0. The molecule has 1 amide bonds. The fourth-order valence-electron chi connectivity index (χ4n) is 2.77. The standard InChI is InChI=1S/C20H21N3O/c1-2-23-15-17(18-10-6-7-11-19(18)23)14-21-22-20(24)13-12-16-8-4-3-5-9-16/h3-11,14-15H,2,12-13H2,1H3,(H,22,24)/b21-14+. The van der Waals surface area contributed by atoms with E-state index in [2.05, 4.69) is 40.3 Å². The molecular weight excluding hydrogens is 298 g/mol. The number of carbonyl (C=O) groups excluding carboxylic acids is 1. The van der Waals surface area contributed by atoms with Crippen LogP contribution in [0.1, 0.15) is 24.5 Å². The Bertz CT molecular complexity index is 850. The number of carbonyl (C=O) groups is 1. The summed E-state index contributed by atoms with van der Waals surface area (Å²) in [6, 6.07) is 18.2. The Balaban J connectivity index is 1.61. The Morgan fingerprint density at radius 1 is 1.12 bits per heavy atom. The summed E-state index contributed by atoms with van der Waals surface area (Å²) in [5, 5.41) is 5.25. The van der Waals surface area contributed by atoms with Crippen LogP contribution in [0.5, 0.6) is 0 Å². The lowest BCUT2D eigenvalue weighted by Crippen LogP contribution is -2.17. The highest BCUT2D eigenvalue weighted by atomic mass is 16.2. The first kappa shape index (κ1) is 16.0. The number of aryl methyl sites for hydroxylation is 2. The van der Waals surface area contributed by atoms with Crippen LogP contribution in [-0.4, -0.2) is 16.7 Å². The smallest absolute Gasteiger partial charge is 0.240 e. The van der Waals surface area contributed by atoms with Crippen LogP contribution in [0.4, 0.5) is 0 Å². The van der Waals surface area contributed by atoms with E-state index in [0.717, 1.165) is 29.5 Å². The number of nitrogens with zero attached hydrogens (tertiary/aromatic N) is 2. The second-order valence-corrected chi connectivity index (χ2v) is 5.67. The number of hydrogen-bond donors (Lipinski definition) is 1. The van der Waals surface area contributed by atoms with E-state index in [-0.39, 0.29) is 5.91 Å². The summed E-state index contributed by atoms with van der Waals surface area (Å²) in [4.78, 5) is 11.9. The van der Waals surface area contributed by atoms with Crippen molar-refractivity contribution in [2.24, 2.45) is 5.10 Å².